The Morgan fingerprint density at radius 2 is 1.86 bits per heavy atom. The standard InChI is InChI=1S/C13H8ClF3N2O2/c14-9-5-8(19(20)21)2-1-7(9)6-18-11-4-3-10(15)12(16)13(11)17/h1-5,18H,6H2. The van der Waals surface area contributed by atoms with E-state index in [4.69, 9.17) is 11.6 Å². The molecule has 0 aliphatic heterocycles. The van der Waals surface area contributed by atoms with Crippen LogP contribution in [0, 0.1) is 27.6 Å². The molecule has 0 bridgehead atoms. The number of halogens is 4. The van der Waals surface area contributed by atoms with Crippen LogP contribution in [0.2, 0.25) is 5.02 Å². The van der Waals surface area contributed by atoms with E-state index < -0.39 is 22.4 Å². The molecular weight excluding hydrogens is 309 g/mol. The van der Waals surface area contributed by atoms with Gasteiger partial charge in [-0.3, -0.25) is 10.1 Å². The van der Waals surface area contributed by atoms with E-state index in [1.54, 1.807) is 0 Å². The second kappa shape index (κ2) is 6.01. The second-order valence-electron chi connectivity index (χ2n) is 4.11. The molecule has 2 aromatic rings. The Labute approximate surface area is 122 Å². The molecule has 0 fully saturated rings. The minimum Gasteiger partial charge on any atom is -0.378 e. The van der Waals surface area contributed by atoms with Crippen LogP contribution in [-0.4, -0.2) is 4.92 Å². The molecule has 2 aromatic carbocycles. The Kier molecular flexibility index (Phi) is 4.32. The molecule has 21 heavy (non-hydrogen) atoms. The van der Waals surface area contributed by atoms with Gasteiger partial charge in [-0.2, -0.15) is 0 Å². The summed E-state index contributed by atoms with van der Waals surface area (Å²) in [6, 6.07) is 5.63. The van der Waals surface area contributed by atoms with Crippen LogP contribution in [0.25, 0.3) is 0 Å². The summed E-state index contributed by atoms with van der Waals surface area (Å²) in [6.07, 6.45) is 0. The van der Waals surface area contributed by atoms with Gasteiger partial charge >= 0.3 is 0 Å². The van der Waals surface area contributed by atoms with Crippen LogP contribution in [0.4, 0.5) is 24.5 Å². The molecule has 1 N–H and O–H groups in total. The summed E-state index contributed by atoms with van der Waals surface area (Å²) in [7, 11) is 0. The fraction of sp³-hybridized carbons (Fsp3) is 0.0769. The van der Waals surface area contributed by atoms with Gasteiger partial charge in [0.25, 0.3) is 5.69 Å². The smallest absolute Gasteiger partial charge is 0.270 e. The number of benzene rings is 2. The van der Waals surface area contributed by atoms with Crippen molar-refractivity contribution in [1.82, 2.24) is 0 Å². The zero-order valence-corrected chi connectivity index (χ0v) is 11.1. The molecular formula is C13H8ClF3N2O2. The largest absolute Gasteiger partial charge is 0.378 e. The lowest BCUT2D eigenvalue weighted by Gasteiger charge is -2.09. The number of nitrogens with zero attached hydrogens (tertiary/aromatic N) is 1. The fourth-order valence-corrected chi connectivity index (χ4v) is 1.89. The predicted octanol–water partition coefficient (Wildman–Crippen LogP) is 4.28. The topological polar surface area (TPSA) is 55.2 Å². The van der Waals surface area contributed by atoms with Gasteiger partial charge in [0, 0.05) is 18.7 Å². The van der Waals surface area contributed by atoms with Gasteiger partial charge in [0.15, 0.2) is 17.5 Å². The maximum absolute atomic E-state index is 13.4. The average Bonchev–Trinajstić information content (AvgIpc) is 2.45. The lowest BCUT2D eigenvalue weighted by Crippen LogP contribution is -2.04. The van der Waals surface area contributed by atoms with Crippen molar-refractivity contribution in [2.24, 2.45) is 0 Å². The van der Waals surface area contributed by atoms with Gasteiger partial charge in [-0.1, -0.05) is 11.6 Å². The van der Waals surface area contributed by atoms with Gasteiger partial charge in [0.2, 0.25) is 0 Å². The highest BCUT2D eigenvalue weighted by Gasteiger charge is 2.14. The number of rotatable bonds is 4. The zero-order valence-electron chi connectivity index (χ0n) is 10.4. The van der Waals surface area contributed by atoms with Gasteiger partial charge in [-0.05, 0) is 23.8 Å². The second-order valence-corrected chi connectivity index (χ2v) is 4.52. The van der Waals surface area contributed by atoms with Crippen molar-refractivity contribution >= 4 is 23.0 Å². The van der Waals surface area contributed by atoms with Gasteiger partial charge in [0.05, 0.1) is 15.6 Å². The molecule has 0 heterocycles. The normalized spacial score (nSPS) is 10.5. The quantitative estimate of drug-likeness (QED) is 0.520. The molecule has 8 heteroatoms. The third-order valence-corrected chi connectivity index (χ3v) is 3.10. The lowest BCUT2D eigenvalue weighted by atomic mass is 10.2. The van der Waals surface area contributed by atoms with Crippen molar-refractivity contribution in [3.05, 3.63) is 68.5 Å². The first-order chi connectivity index (χ1) is 9.90. The average molecular weight is 317 g/mol. The minimum absolute atomic E-state index is 0.00117. The monoisotopic (exact) mass is 316 g/mol. The molecule has 4 nitrogen and oxygen atoms in total. The van der Waals surface area contributed by atoms with Crippen LogP contribution in [0.3, 0.4) is 0 Å². The molecule has 0 spiro atoms. The van der Waals surface area contributed by atoms with E-state index in [0.29, 0.717) is 5.56 Å². The Morgan fingerprint density at radius 1 is 1.14 bits per heavy atom. The molecule has 0 saturated heterocycles. The van der Waals surface area contributed by atoms with Gasteiger partial charge in [-0.15, -0.1) is 0 Å². The highest BCUT2D eigenvalue weighted by atomic mass is 35.5. The highest BCUT2D eigenvalue weighted by molar-refractivity contribution is 6.31. The van der Waals surface area contributed by atoms with E-state index in [0.717, 1.165) is 18.2 Å². The van der Waals surface area contributed by atoms with Crippen LogP contribution < -0.4 is 5.32 Å². The summed E-state index contributed by atoms with van der Waals surface area (Å²) in [5.74, 6) is -4.20. The van der Waals surface area contributed by atoms with Crippen molar-refractivity contribution in [2.75, 3.05) is 5.32 Å². The van der Waals surface area contributed by atoms with Crippen molar-refractivity contribution in [2.45, 2.75) is 6.54 Å². The SMILES string of the molecule is O=[N+]([O-])c1ccc(CNc2ccc(F)c(F)c2F)c(Cl)c1. The molecule has 0 aromatic heterocycles. The van der Waals surface area contributed by atoms with Crippen molar-refractivity contribution in [1.29, 1.82) is 0 Å². The summed E-state index contributed by atoms with van der Waals surface area (Å²) in [5.41, 5.74) is 0.0393. The molecule has 2 rings (SSSR count). The first-order valence-corrected chi connectivity index (χ1v) is 6.08. The third-order valence-electron chi connectivity index (χ3n) is 2.75. The lowest BCUT2D eigenvalue weighted by molar-refractivity contribution is -0.384. The van der Waals surface area contributed by atoms with Crippen LogP contribution in [-0.2, 0) is 6.54 Å². The summed E-state index contributed by atoms with van der Waals surface area (Å²) < 4.78 is 39.3. The van der Waals surface area contributed by atoms with E-state index in [2.05, 4.69) is 5.32 Å². The first kappa shape index (κ1) is 15.1. The molecule has 0 aliphatic carbocycles. The van der Waals surface area contributed by atoms with E-state index in [-0.39, 0.29) is 22.9 Å². The Bertz CT molecular complexity index is 710. The van der Waals surface area contributed by atoms with E-state index >= 15 is 0 Å². The molecule has 0 aliphatic rings. The summed E-state index contributed by atoms with van der Waals surface area (Å²) in [4.78, 5) is 9.96. The number of nitrogens with one attached hydrogen (secondary N) is 1. The van der Waals surface area contributed by atoms with E-state index in [1.165, 1.54) is 12.1 Å². The zero-order chi connectivity index (χ0) is 15.6. The Balaban J connectivity index is 2.17. The van der Waals surface area contributed by atoms with Crippen LogP contribution >= 0.6 is 11.6 Å². The van der Waals surface area contributed by atoms with Gasteiger partial charge < -0.3 is 5.32 Å². The summed E-state index contributed by atoms with van der Waals surface area (Å²) >= 11 is 5.86. The van der Waals surface area contributed by atoms with Crippen molar-refractivity contribution in [3.8, 4) is 0 Å². The Hall–Kier alpha value is -2.28. The number of nitro benzene ring substituents is 1. The van der Waals surface area contributed by atoms with E-state index in [1.807, 2.05) is 0 Å². The van der Waals surface area contributed by atoms with Gasteiger partial charge in [-0.25, -0.2) is 13.2 Å². The highest BCUT2D eigenvalue weighted by Crippen LogP contribution is 2.25. The maximum Gasteiger partial charge on any atom is 0.270 e. The third kappa shape index (κ3) is 3.25. The predicted molar refractivity (Wildman–Crippen MR) is 71.7 cm³/mol. The number of non-ortho nitro benzene ring substituents is 1. The first-order valence-electron chi connectivity index (χ1n) is 5.70. The van der Waals surface area contributed by atoms with Crippen LogP contribution in [0.1, 0.15) is 5.56 Å². The number of hydrogen-bond donors (Lipinski definition) is 1. The maximum atomic E-state index is 13.4. The molecule has 0 radical (unpaired) electrons. The molecule has 0 amide bonds. The van der Waals surface area contributed by atoms with Crippen LogP contribution in [0.5, 0.6) is 0 Å². The molecule has 0 atom stereocenters. The van der Waals surface area contributed by atoms with Crippen molar-refractivity contribution in [3.63, 3.8) is 0 Å². The number of hydrogen-bond acceptors (Lipinski definition) is 3. The molecule has 110 valence electrons. The summed E-state index contributed by atoms with van der Waals surface area (Å²) in [5, 5.41) is 13.2. The van der Waals surface area contributed by atoms with Crippen molar-refractivity contribution < 1.29 is 18.1 Å². The summed E-state index contributed by atoms with van der Waals surface area (Å²) in [6.45, 7) is -0.00117. The Morgan fingerprint density at radius 3 is 2.48 bits per heavy atom. The number of anilines is 1. The fourth-order valence-electron chi connectivity index (χ4n) is 1.65. The molecule has 0 unspecified atom stereocenters. The number of nitro groups is 1. The van der Waals surface area contributed by atoms with E-state index in [9.17, 15) is 23.3 Å². The van der Waals surface area contributed by atoms with Crippen LogP contribution in [0.15, 0.2) is 30.3 Å². The minimum atomic E-state index is -1.57. The van der Waals surface area contributed by atoms with Gasteiger partial charge in [0.1, 0.15) is 0 Å². The molecule has 0 saturated carbocycles.